The Hall–Kier alpha value is -2.71. The molecule has 4 atom stereocenters. The lowest BCUT2D eigenvalue weighted by molar-refractivity contribution is 0.191. The van der Waals surface area contributed by atoms with Crippen molar-refractivity contribution in [1.82, 2.24) is 24.4 Å². The average molecular weight is 426 g/mol. The molecule has 0 spiro atoms. The zero-order valence-electron chi connectivity index (χ0n) is 18.3. The van der Waals surface area contributed by atoms with E-state index in [0.717, 1.165) is 50.8 Å². The largest absolute Gasteiger partial charge is 0.396 e. The molecule has 2 heterocycles. The lowest BCUT2D eigenvalue weighted by Crippen LogP contribution is -2.24. The first-order valence-electron chi connectivity index (χ1n) is 11.3. The highest BCUT2D eigenvalue weighted by Crippen LogP contribution is 2.68. The fourth-order valence-corrected chi connectivity index (χ4v) is 4.96. The van der Waals surface area contributed by atoms with Crippen LogP contribution >= 0.6 is 0 Å². The van der Waals surface area contributed by atoms with Gasteiger partial charge >= 0.3 is 0 Å². The first-order chi connectivity index (χ1) is 15.2. The zero-order valence-corrected chi connectivity index (χ0v) is 18.3. The second kappa shape index (κ2) is 9.20. The number of azide groups is 1. The predicted molar refractivity (Wildman–Crippen MR) is 119 cm³/mol. The number of imidazole rings is 1. The van der Waals surface area contributed by atoms with Crippen molar-refractivity contribution in [3.05, 3.63) is 23.1 Å². The monoisotopic (exact) mass is 425 g/mol. The molecule has 0 radical (unpaired) electrons. The van der Waals surface area contributed by atoms with Crippen LogP contribution in [0.1, 0.15) is 58.4 Å². The molecule has 2 aromatic heterocycles. The fourth-order valence-electron chi connectivity index (χ4n) is 4.96. The van der Waals surface area contributed by atoms with Crippen LogP contribution in [-0.4, -0.2) is 61.6 Å². The molecule has 1 N–H and O–H groups in total. The van der Waals surface area contributed by atoms with Gasteiger partial charge in [-0.05, 0) is 37.1 Å². The standard InChI is InChI=1S/C21H31N9O/c1-3-5-7-29(8-6-4-2)13-26-19-18-20(24-12-23-19)30(14-25-18)16-9-17(27-28-22)21(11-31)10-15(16)21/h12-17,31H,3-11H2,1-2H3/b26-13-/t15-,16+,17+,21+/m1/s1. The number of aliphatic imine (C=N–C) groups is 1. The van der Waals surface area contributed by atoms with Crippen molar-refractivity contribution >= 4 is 23.3 Å². The summed E-state index contributed by atoms with van der Waals surface area (Å²) in [7, 11) is 0. The normalized spacial score (nSPS) is 26.9. The fraction of sp³-hybridized carbons (Fsp3) is 0.714. The highest BCUT2D eigenvalue weighted by atomic mass is 16.3. The predicted octanol–water partition coefficient (Wildman–Crippen LogP) is 4.01. The van der Waals surface area contributed by atoms with Crippen LogP contribution in [0.25, 0.3) is 21.6 Å². The molecule has 10 nitrogen and oxygen atoms in total. The van der Waals surface area contributed by atoms with Crippen LogP contribution in [0.4, 0.5) is 5.82 Å². The van der Waals surface area contributed by atoms with Crippen molar-refractivity contribution in [1.29, 1.82) is 0 Å². The molecule has 0 aliphatic heterocycles. The summed E-state index contributed by atoms with van der Waals surface area (Å²) in [6.07, 6.45) is 11.3. The van der Waals surface area contributed by atoms with E-state index in [-0.39, 0.29) is 30.0 Å². The van der Waals surface area contributed by atoms with Gasteiger partial charge in [-0.3, -0.25) is 0 Å². The lowest BCUT2D eigenvalue weighted by atomic mass is 10.00. The van der Waals surface area contributed by atoms with Gasteiger partial charge in [-0.1, -0.05) is 31.8 Å². The van der Waals surface area contributed by atoms with Crippen molar-refractivity contribution in [2.45, 2.75) is 64.5 Å². The molecule has 0 amide bonds. The topological polar surface area (TPSA) is 128 Å². The molecule has 10 heteroatoms. The van der Waals surface area contributed by atoms with Crippen LogP contribution in [0, 0.1) is 11.3 Å². The van der Waals surface area contributed by atoms with Gasteiger partial charge in [-0.25, -0.2) is 19.9 Å². The highest BCUT2D eigenvalue weighted by molar-refractivity contribution is 5.83. The molecule has 0 saturated heterocycles. The van der Waals surface area contributed by atoms with Crippen molar-refractivity contribution < 1.29 is 5.11 Å². The molecule has 2 fully saturated rings. The van der Waals surface area contributed by atoms with Gasteiger partial charge in [0, 0.05) is 42.1 Å². The molecule has 2 aliphatic carbocycles. The summed E-state index contributed by atoms with van der Waals surface area (Å²) in [6, 6.07) is -0.0926. The van der Waals surface area contributed by atoms with E-state index in [4.69, 9.17) is 5.53 Å². The Bertz CT molecular complexity index is 974. The highest BCUT2D eigenvalue weighted by Gasteiger charge is 2.67. The summed E-state index contributed by atoms with van der Waals surface area (Å²) in [5.74, 6) is 0.835. The van der Waals surface area contributed by atoms with E-state index in [9.17, 15) is 5.11 Å². The number of rotatable bonds is 11. The van der Waals surface area contributed by atoms with Gasteiger partial charge in [0.15, 0.2) is 17.0 Å². The average Bonchev–Trinajstić information content (AvgIpc) is 3.25. The van der Waals surface area contributed by atoms with Crippen molar-refractivity contribution in [2.24, 2.45) is 21.4 Å². The van der Waals surface area contributed by atoms with Crippen LogP contribution in [0.3, 0.4) is 0 Å². The quantitative estimate of drug-likeness (QED) is 0.191. The number of aromatic nitrogens is 4. The molecule has 0 unspecified atom stereocenters. The maximum atomic E-state index is 9.92. The van der Waals surface area contributed by atoms with Crippen LogP contribution in [0.15, 0.2) is 22.8 Å². The van der Waals surface area contributed by atoms with E-state index in [1.165, 1.54) is 6.33 Å². The van der Waals surface area contributed by atoms with Gasteiger partial charge in [0.05, 0.1) is 12.7 Å². The minimum absolute atomic E-state index is 0.0420. The van der Waals surface area contributed by atoms with Gasteiger partial charge in [-0.15, -0.1) is 0 Å². The SMILES string of the molecule is CCCCN(/C=N\c1ncnc2c1ncn2[C@H]1C[C@H](N=[N+]=[N-])[C@]2(CO)C[C@H]12)CCCC. The Morgan fingerprint density at radius 2 is 2.06 bits per heavy atom. The van der Waals surface area contributed by atoms with Crippen molar-refractivity contribution in [3.63, 3.8) is 0 Å². The number of fused-ring (bicyclic) bond motifs is 2. The second-order valence-corrected chi connectivity index (χ2v) is 8.73. The Kier molecular flexibility index (Phi) is 6.38. The molecule has 31 heavy (non-hydrogen) atoms. The van der Waals surface area contributed by atoms with E-state index in [1.807, 2.05) is 6.34 Å². The second-order valence-electron chi connectivity index (χ2n) is 8.73. The first-order valence-corrected chi connectivity index (χ1v) is 11.3. The van der Waals surface area contributed by atoms with E-state index in [1.54, 1.807) is 6.33 Å². The van der Waals surface area contributed by atoms with Crippen LogP contribution < -0.4 is 0 Å². The Balaban J connectivity index is 1.58. The molecule has 166 valence electrons. The first kappa shape index (κ1) is 21.5. The molecular formula is C21H31N9O. The summed E-state index contributed by atoms with van der Waals surface area (Å²) in [4.78, 5) is 23.3. The maximum absolute atomic E-state index is 9.92. The Morgan fingerprint density at radius 3 is 2.74 bits per heavy atom. The molecule has 2 aromatic rings. The zero-order chi connectivity index (χ0) is 21.8. The number of nitrogens with zero attached hydrogens (tertiary/aromatic N) is 9. The number of hydrogen-bond donors (Lipinski definition) is 1. The van der Waals surface area contributed by atoms with Gasteiger partial charge in [0.1, 0.15) is 6.33 Å². The Labute approximate surface area is 182 Å². The molecule has 0 aromatic carbocycles. The summed E-state index contributed by atoms with van der Waals surface area (Å²) < 4.78 is 2.05. The van der Waals surface area contributed by atoms with Gasteiger partial charge in [0.25, 0.3) is 0 Å². The molecular weight excluding hydrogens is 394 g/mol. The van der Waals surface area contributed by atoms with E-state index in [2.05, 4.69) is 53.3 Å². The van der Waals surface area contributed by atoms with E-state index in [0.29, 0.717) is 17.8 Å². The van der Waals surface area contributed by atoms with Crippen LogP contribution in [0.5, 0.6) is 0 Å². The van der Waals surface area contributed by atoms with Gasteiger partial charge in [0.2, 0.25) is 0 Å². The lowest BCUT2D eigenvalue weighted by Gasteiger charge is -2.18. The van der Waals surface area contributed by atoms with Gasteiger partial charge in [-0.2, -0.15) is 0 Å². The van der Waals surface area contributed by atoms with Crippen molar-refractivity contribution in [2.75, 3.05) is 19.7 Å². The van der Waals surface area contributed by atoms with Crippen molar-refractivity contribution in [3.8, 4) is 0 Å². The van der Waals surface area contributed by atoms with Crippen LogP contribution in [0.2, 0.25) is 0 Å². The third kappa shape index (κ3) is 3.97. The third-order valence-corrected chi connectivity index (χ3v) is 6.89. The van der Waals surface area contributed by atoms with E-state index < -0.39 is 0 Å². The minimum atomic E-state index is -0.291. The number of aliphatic hydroxyl groups excluding tert-OH is 1. The molecule has 4 rings (SSSR count). The summed E-state index contributed by atoms with van der Waals surface area (Å²) in [6.45, 7) is 6.39. The minimum Gasteiger partial charge on any atom is -0.396 e. The maximum Gasteiger partial charge on any atom is 0.184 e. The number of unbranched alkanes of at least 4 members (excludes halogenated alkanes) is 2. The third-order valence-electron chi connectivity index (χ3n) is 6.89. The summed E-state index contributed by atoms with van der Waals surface area (Å²) in [5, 5.41) is 13.9. The molecule has 2 aliphatic rings. The molecule has 0 bridgehead atoms. The summed E-state index contributed by atoms with van der Waals surface area (Å²) >= 11 is 0. The Morgan fingerprint density at radius 1 is 1.29 bits per heavy atom. The molecule has 2 saturated carbocycles. The smallest absolute Gasteiger partial charge is 0.184 e. The summed E-state index contributed by atoms with van der Waals surface area (Å²) in [5.41, 5.74) is 10.0. The van der Waals surface area contributed by atoms with Crippen LogP contribution in [-0.2, 0) is 0 Å². The number of hydrogen-bond acceptors (Lipinski definition) is 6. The van der Waals surface area contributed by atoms with Gasteiger partial charge < -0.3 is 14.6 Å². The number of aliphatic hydroxyl groups is 1. The van der Waals surface area contributed by atoms with E-state index >= 15 is 0 Å².